The second-order valence-electron chi connectivity index (χ2n) is 7.03. The summed E-state index contributed by atoms with van der Waals surface area (Å²) in [6.07, 6.45) is 0.593. The van der Waals surface area contributed by atoms with Crippen LogP contribution in [0.4, 0.5) is 5.13 Å². The van der Waals surface area contributed by atoms with Crippen molar-refractivity contribution in [2.75, 3.05) is 11.9 Å². The number of fused-ring (bicyclic) bond motifs is 1. The number of anilines is 1. The van der Waals surface area contributed by atoms with Gasteiger partial charge in [0.2, 0.25) is 15.9 Å². The lowest BCUT2D eigenvalue weighted by Crippen LogP contribution is -2.43. The number of nitrogens with zero attached hydrogens (tertiary/aromatic N) is 2. The van der Waals surface area contributed by atoms with Crippen LogP contribution in [0.15, 0.2) is 47.4 Å². The zero-order chi connectivity index (χ0) is 21.2. The van der Waals surface area contributed by atoms with Crippen LogP contribution in [0.1, 0.15) is 30.8 Å². The molecule has 154 valence electrons. The van der Waals surface area contributed by atoms with Crippen molar-refractivity contribution < 1.29 is 13.2 Å². The maximum Gasteiger partial charge on any atom is 0.243 e. The first-order valence-electron chi connectivity index (χ1n) is 9.47. The van der Waals surface area contributed by atoms with Crippen LogP contribution in [0.5, 0.6) is 0 Å². The van der Waals surface area contributed by atoms with E-state index in [9.17, 15) is 13.2 Å². The van der Waals surface area contributed by atoms with Crippen LogP contribution in [0.2, 0.25) is 0 Å². The van der Waals surface area contributed by atoms with E-state index in [1.807, 2.05) is 52.0 Å². The molecule has 0 aliphatic rings. The largest absolute Gasteiger partial charge is 0.301 e. The molecule has 0 saturated carbocycles. The topological polar surface area (TPSA) is 79.4 Å². The Labute approximate surface area is 175 Å². The minimum Gasteiger partial charge on any atom is -0.301 e. The highest BCUT2D eigenvalue weighted by molar-refractivity contribution is 7.89. The van der Waals surface area contributed by atoms with Crippen molar-refractivity contribution in [2.45, 2.75) is 45.1 Å². The van der Waals surface area contributed by atoms with Crippen molar-refractivity contribution >= 4 is 43.2 Å². The highest BCUT2D eigenvalue weighted by Crippen LogP contribution is 2.25. The maximum atomic E-state index is 13.4. The van der Waals surface area contributed by atoms with Crippen molar-refractivity contribution in [2.24, 2.45) is 0 Å². The van der Waals surface area contributed by atoms with E-state index in [-0.39, 0.29) is 17.5 Å². The Kier molecular flexibility index (Phi) is 6.36. The van der Waals surface area contributed by atoms with E-state index in [4.69, 9.17) is 0 Å². The van der Waals surface area contributed by atoms with E-state index in [2.05, 4.69) is 10.3 Å². The number of carbonyl (C=O) groups is 1. The lowest BCUT2D eigenvalue weighted by molar-refractivity contribution is -0.116. The summed E-state index contributed by atoms with van der Waals surface area (Å²) in [5.74, 6) is -0.400. The number of sulfonamides is 1. The van der Waals surface area contributed by atoms with Gasteiger partial charge in [-0.3, -0.25) is 4.79 Å². The Morgan fingerprint density at radius 3 is 2.48 bits per heavy atom. The van der Waals surface area contributed by atoms with E-state index in [1.54, 1.807) is 18.2 Å². The van der Waals surface area contributed by atoms with Crippen LogP contribution in [0.3, 0.4) is 0 Å². The summed E-state index contributed by atoms with van der Waals surface area (Å²) in [7, 11) is -3.84. The molecular formula is C21H25N3O3S2. The van der Waals surface area contributed by atoms with E-state index < -0.39 is 15.9 Å². The van der Waals surface area contributed by atoms with Gasteiger partial charge in [-0.1, -0.05) is 37.3 Å². The lowest BCUT2D eigenvalue weighted by Gasteiger charge is -2.27. The molecule has 0 bridgehead atoms. The number of benzene rings is 2. The quantitative estimate of drug-likeness (QED) is 0.603. The van der Waals surface area contributed by atoms with Gasteiger partial charge in [0.25, 0.3) is 0 Å². The first-order chi connectivity index (χ1) is 13.7. The highest BCUT2D eigenvalue weighted by Gasteiger charge is 2.30. The minimum atomic E-state index is -3.84. The second kappa shape index (κ2) is 8.61. The molecule has 1 heterocycles. The van der Waals surface area contributed by atoms with Crippen LogP contribution >= 0.6 is 11.3 Å². The maximum absolute atomic E-state index is 13.4. The van der Waals surface area contributed by atoms with Gasteiger partial charge in [0.15, 0.2) is 5.13 Å². The molecule has 0 fully saturated rings. The molecule has 0 unspecified atom stereocenters. The highest BCUT2D eigenvalue weighted by atomic mass is 32.2. The number of hydrogen-bond donors (Lipinski definition) is 1. The number of carbonyl (C=O) groups excluding carboxylic acids is 1. The van der Waals surface area contributed by atoms with Gasteiger partial charge in [-0.15, -0.1) is 11.3 Å². The minimum absolute atomic E-state index is 0.185. The van der Waals surface area contributed by atoms with Gasteiger partial charge < -0.3 is 5.32 Å². The fourth-order valence-electron chi connectivity index (χ4n) is 2.97. The molecule has 0 spiro atoms. The molecule has 8 heteroatoms. The van der Waals surface area contributed by atoms with Gasteiger partial charge in [-0.25, -0.2) is 13.4 Å². The standard InChI is InChI=1S/C21H25N3O3S2/c1-5-14(2)24(13-20(25)23-21-22-15(3)16(4)28-21)29(26,27)19-11-10-17-8-6-7-9-18(17)12-19/h6-12,14H,5,13H2,1-4H3,(H,22,23,25)/t14-/m0/s1. The first-order valence-corrected chi connectivity index (χ1v) is 11.7. The molecule has 1 atom stereocenters. The zero-order valence-electron chi connectivity index (χ0n) is 17.0. The Balaban J connectivity index is 1.88. The van der Waals surface area contributed by atoms with E-state index >= 15 is 0 Å². The summed E-state index contributed by atoms with van der Waals surface area (Å²) in [6, 6.07) is 12.3. The van der Waals surface area contributed by atoms with Crippen molar-refractivity contribution in [1.29, 1.82) is 0 Å². The lowest BCUT2D eigenvalue weighted by atomic mass is 10.1. The number of thiazole rings is 1. The second-order valence-corrected chi connectivity index (χ2v) is 10.1. The van der Waals surface area contributed by atoms with E-state index in [1.165, 1.54) is 15.6 Å². The van der Waals surface area contributed by atoms with Crippen LogP contribution in [0, 0.1) is 13.8 Å². The fraction of sp³-hybridized carbons (Fsp3) is 0.333. The predicted molar refractivity (Wildman–Crippen MR) is 118 cm³/mol. The summed E-state index contributed by atoms with van der Waals surface area (Å²) in [5.41, 5.74) is 0.855. The van der Waals surface area contributed by atoms with Crippen LogP contribution in [0.25, 0.3) is 10.8 Å². The Morgan fingerprint density at radius 2 is 1.86 bits per heavy atom. The third-order valence-electron chi connectivity index (χ3n) is 4.98. The van der Waals surface area contributed by atoms with Gasteiger partial charge in [0, 0.05) is 10.9 Å². The molecule has 3 aromatic rings. The molecule has 29 heavy (non-hydrogen) atoms. The number of rotatable bonds is 7. The molecule has 2 aromatic carbocycles. The van der Waals surface area contributed by atoms with Gasteiger partial charge in [0.05, 0.1) is 17.1 Å². The predicted octanol–water partition coefficient (Wildman–Crippen LogP) is 4.34. The summed E-state index contributed by atoms with van der Waals surface area (Å²) in [5, 5.41) is 5.02. The van der Waals surface area contributed by atoms with Crippen molar-refractivity contribution in [3.8, 4) is 0 Å². The first kappa shape index (κ1) is 21.4. The summed E-state index contributed by atoms with van der Waals surface area (Å²) < 4.78 is 28.0. The van der Waals surface area contributed by atoms with E-state index in [0.29, 0.717) is 11.6 Å². The average molecular weight is 432 g/mol. The van der Waals surface area contributed by atoms with Crippen LogP contribution in [-0.2, 0) is 14.8 Å². The van der Waals surface area contributed by atoms with Crippen LogP contribution < -0.4 is 5.32 Å². The fourth-order valence-corrected chi connectivity index (χ4v) is 5.50. The molecule has 1 aromatic heterocycles. The summed E-state index contributed by atoms with van der Waals surface area (Å²) >= 11 is 1.38. The third kappa shape index (κ3) is 4.66. The molecule has 0 radical (unpaired) electrons. The van der Waals surface area contributed by atoms with Crippen molar-refractivity contribution in [3.63, 3.8) is 0 Å². The summed E-state index contributed by atoms with van der Waals surface area (Å²) in [4.78, 5) is 18.1. The monoisotopic (exact) mass is 431 g/mol. The van der Waals surface area contributed by atoms with Gasteiger partial charge in [-0.05, 0) is 50.1 Å². The average Bonchev–Trinajstić information content (AvgIpc) is 3.01. The van der Waals surface area contributed by atoms with Crippen LogP contribution in [-0.4, -0.2) is 36.2 Å². The molecule has 1 amide bonds. The number of aromatic nitrogens is 1. The number of aryl methyl sites for hydroxylation is 2. The zero-order valence-corrected chi connectivity index (χ0v) is 18.6. The van der Waals surface area contributed by atoms with Gasteiger partial charge in [0.1, 0.15) is 0 Å². The molecule has 0 aliphatic carbocycles. The number of amides is 1. The smallest absolute Gasteiger partial charge is 0.243 e. The van der Waals surface area contributed by atoms with Gasteiger partial charge >= 0.3 is 0 Å². The Hall–Kier alpha value is -2.29. The Bertz CT molecular complexity index is 1120. The molecular weight excluding hydrogens is 406 g/mol. The molecule has 6 nitrogen and oxygen atoms in total. The van der Waals surface area contributed by atoms with E-state index in [0.717, 1.165) is 21.3 Å². The Morgan fingerprint density at radius 1 is 1.17 bits per heavy atom. The normalized spacial score (nSPS) is 13.0. The SMILES string of the molecule is CC[C@H](C)N(CC(=O)Nc1nc(C)c(C)s1)S(=O)(=O)c1ccc2ccccc2c1. The molecule has 1 N–H and O–H groups in total. The molecule has 3 rings (SSSR count). The number of hydrogen-bond acceptors (Lipinski definition) is 5. The van der Waals surface area contributed by atoms with Crippen molar-refractivity contribution in [1.82, 2.24) is 9.29 Å². The van der Waals surface area contributed by atoms with Crippen molar-refractivity contribution in [3.05, 3.63) is 53.0 Å². The summed E-state index contributed by atoms with van der Waals surface area (Å²) in [6.45, 7) is 7.25. The molecule has 0 saturated heterocycles. The number of nitrogens with one attached hydrogen (secondary N) is 1. The third-order valence-corrected chi connectivity index (χ3v) is 7.93. The molecule has 0 aliphatic heterocycles. The van der Waals surface area contributed by atoms with Gasteiger partial charge in [-0.2, -0.15) is 4.31 Å².